The van der Waals surface area contributed by atoms with Crippen LogP contribution in [0.2, 0.25) is 0 Å². The molecule has 2 aromatic rings. The van der Waals surface area contributed by atoms with Gasteiger partial charge < -0.3 is 15.4 Å². The molecule has 1 aromatic heterocycles. The Labute approximate surface area is 111 Å². The maximum Gasteiger partial charge on any atom is 0.146 e. The summed E-state index contributed by atoms with van der Waals surface area (Å²) in [5, 5.41) is 6.04. The van der Waals surface area contributed by atoms with Gasteiger partial charge in [0.05, 0.1) is 12.8 Å². The van der Waals surface area contributed by atoms with Gasteiger partial charge in [0.25, 0.3) is 0 Å². The third kappa shape index (κ3) is 3.34. The molecule has 0 bridgehead atoms. The van der Waals surface area contributed by atoms with Crippen molar-refractivity contribution in [3.8, 4) is 5.75 Å². The summed E-state index contributed by atoms with van der Waals surface area (Å²) < 4.78 is 18.7. The summed E-state index contributed by atoms with van der Waals surface area (Å²) in [6.45, 7) is 2.77. The van der Waals surface area contributed by atoms with Crippen molar-refractivity contribution in [2.45, 2.75) is 6.92 Å². The fraction of sp³-hybridized carbons (Fsp3) is 0.214. The van der Waals surface area contributed by atoms with E-state index >= 15 is 0 Å². The zero-order valence-electron chi connectivity index (χ0n) is 10.9. The molecule has 19 heavy (non-hydrogen) atoms. The number of benzene rings is 1. The highest BCUT2D eigenvalue weighted by Crippen LogP contribution is 2.24. The van der Waals surface area contributed by atoms with E-state index in [-0.39, 0.29) is 5.82 Å². The zero-order chi connectivity index (χ0) is 13.7. The molecule has 0 atom stereocenters. The lowest BCUT2D eigenvalue weighted by Gasteiger charge is -2.10. The second kappa shape index (κ2) is 6.04. The van der Waals surface area contributed by atoms with E-state index in [1.54, 1.807) is 25.3 Å². The number of hydrogen-bond donors (Lipinski definition) is 2. The standard InChI is InChI=1S/C14H16FN3O/c1-3-16-13-5-4-6-14(18-13)17-12-9-10(19-2)7-8-11(12)15/h4-9H,3H2,1-2H3,(H2,16,17,18). The summed E-state index contributed by atoms with van der Waals surface area (Å²) in [6, 6.07) is 10.0. The van der Waals surface area contributed by atoms with Crippen molar-refractivity contribution in [3.63, 3.8) is 0 Å². The lowest BCUT2D eigenvalue weighted by Crippen LogP contribution is -2.02. The molecular weight excluding hydrogens is 245 g/mol. The monoisotopic (exact) mass is 261 g/mol. The Balaban J connectivity index is 2.22. The van der Waals surface area contributed by atoms with Gasteiger partial charge in [-0.2, -0.15) is 0 Å². The molecule has 0 saturated heterocycles. The number of rotatable bonds is 5. The second-order valence-electron chi connectivity index (χ2n) is 3.91. The van der Waals surface area contributed by atoms with Gasteiger partial charge in [0.2, 0.25) is 0 Å². The highest BCUT2D eigenvalue weighted by Gasteiger charge is 2.05. The number of halogens is 1. The molecule has 0 amide bonds. The molecule has 0 radical (unpaired) electrons. The summed E-state index contributed by atoms with van der Waals surface area (Å²) in [6.07, 6.45) is 0. The first-order valence-corrected chi connectivity index (χ1v) is 6.04. The molecule has 0 unspecified atom stereocenters. The minimum Gasteiger partial charge on any atom is -0.497 e. The molecule has 0 aliphatic heterocycles. The highest BCUT2D eigenvalue weighted by molar-refractivity contribution is 5.60. The number of ether oxygens (including phenoxy) is 1. The Bertz CT molecular complexity index is 560. The van der Waals surface area contributed by atoms with Crippen LogP contribution in [0.15, 0.2) is 36.4 Å². The van der Waals surface area contributed by atoms with Gasteiger partial charge in [-0.1, -0.05) is 6.07 Å². The molecule has 0 spiro atoms. The predicted molar refractivity (Wildman–Crippen MR) is 74.6 cm³/mol. The van der Waals surface area contributed by atoms with Crippen LogP contribution in [0.1, 0.15) is 6.92 Å². The zero-order valence-corrected chi connectivity index (χ0v) is 10.9. The van der Waals surface area contributed by atoms with Gasteiger partial charge in [0.1, 0.15) is 23.2 Å². The maximum absolute atomic E-state index is 13.7. The Kier molecular flexibility index (Phi) is 4.18. The number of aromatic nitrogens is 1. The number of pyridine rings is 1. The summed E-state index contributed by atoms with van der Waals surface area (Å²) >= 11 is 0. The van der Waals surface area contributed by atoms with E-state index in [9.17, 15) is 4.39 Å². The fourth-order valence-electron chi connectivity index (χ4n) is 1.65. The van der Waals surface area contributed by atoms with Crippen LogP contribution in [-0.4, -0.2) is 18.6 Å². The molecule has 1 aromatic carbocycles. The Morgan fingerprint density at radius 2 is 2.00 bits per heavy atom. The van der Waals surface area contributed by atoms with Gasteiger partial charge in [-0.15, -0.1) is 0 Å². The molecule has 4 nitrogen and oxygen atoms in total. The molecule has 0 fully saturated rings. The van der Waals surface area contributed by atoms with Crippen LogP contribution in [0.3, 0.4) is 0 Å². The Morgan fingerprint density at radius 3 is 2.74 bits per heavy atom. The maximum atomic E-state index is 13.7. The minimum absolute atomic E-state index is 0.334. The number of nitrogens with one attached hydrogen (secondary N) is 2. The van der Waals surface area contributed by atoms with Gasteiger partial charge in [-0.3, -0.25) is 0 Å². The molecule has 0 saturated carbocycles. The van der Waals surface area contributed by atoms with Gasteiger partial charge in [-0.05, 0) is 31.2 Å². The molecule has 2 rings (SSSR count). The summed E-state index contributed by atoms with van der Waals surface area (Å²) in [5.41, 5.74) is 0.334. The van der Waals surface area contributed by atoms with Crippen LogP contribution in [0.25, 0.3) is 0 Å². The lowest BCUT2D eigenvalue weighted by atomic mass is 10.3. The van der Waals surface area contributed by atoms with E-state index in [1.165, 1.54) is 6.07 Å². The molecule has 0 aliphatic carbocycles. The van der Waals surface area contributed by atoms with E-state index < -0.39 is 0 Å². The van der Waals surface area contributed by atoms with Crippen LogP contribution in [0, 0.1) is 5.82 Å². The van der Waals surface area contributed by atoms with Gasteiger partial charge in [0, 0.05) is 12.6 Å². The molecule has 1 heterocycles. The average Bonchev–Trinajstić information content (AvgIpc) is 2.42. The van der Waals surface area contributed by atoms with E-state index in [0.29, 0.717) is 17.3 Å². The summed E-state index contributed by atoms with van der Waals surface area (Å²) in [4.78, 5) is 4.32. The summed E-state index contributed by atoms with van der Waals surface area (Å²) in [7, 11) is 1.54. The SMILES string of the molecule is CCNc1cccc(Nc2cc(OC)ccc2F)n1. The first-order valence-electron chi connectivity index (χ1n) is 6.04. The molecule has 2 N–H and O–H groups in total. The molecule has 5 heteroatoms. The number of methoxy groups -OCH3 is 1. The third-order valence-electron chi connectivity index (χ3n) is 2.54. The fourth-order valence-corrected chi connectivity index (χ4v) is 1.65. The van der Waals surface area contributed by atoms with Crippen molar-refractivity contribution in [2.24, 2.45) is 0 Å². The van der Waals surface area contributed by atoms with E-state index in [1.807, 2.05) is 19.1 Å². The van der Waals surface area contributed by atoms with Gasteiger partial charge in [-0.25, -0.2) is 9.37 Å². The first-order chi connectivity index (χ1) is 9.22. The van der Waals surface area contributed by atoms with E-state index in [2.05, 4.69) is 15.6 Å². The van der Waals surface area contributed by atoms with E-state index in [4.69, 9.17) is 4.74 Å². The van der Waals surface area contributed by atoms with Crippen molar-refractivity contribution >= 4 is 17.3 Å². The largest absolute Gasteiger partial charge is 0.497 e. The van der Waals surface area contributed by atoms with Gasteiger partial charge >= 0.3 is 0 Å². The van der Waals surface area contributed by atoms with Crippen molar-refractivity contribution in [1.29, 1.82) is 0 Å². The van der Waals surface area contributed by atoms with E-state index in [0.717, 1.165) is 12.4 Å². The van der Waals surface area contributed by atoms with Crippen molar-refractivity contribution in [1.82, 2.24) is 4.98 Å². The Hall–Kier alpha value is -2.30. The predicted octanol–water partition coefficient (Wildman–Crippen LogP) is 3.40. The van der Waals surface area contributed by atoms with Crippen molar-refractivity contribution in [3.05, 3.63) is 42.2 Å². The quantitative estimate of drug-likeness (QED) is 0.866. The van der Waals surface area contributed by atoms with Crippen molar-refractivity contribution < 1.29 is 9.13 Å². The molecule has 100 valence electrons. The van der Waals surface area contributed by atoms with Crippen LogP contribution < -0.4 is 15.4 Å². The lowest BCUT2D eigenvalue weighted by molar-refractivity contribution is 0.414. The number of nitrogens with zero attached hydrogens (tertiary/aromatic N) is 1. The first kappa shape index (κ1) is 13.1. The normalized spacial score (nSPS) is 10.1. The Morgan fingerprint density at radius 1 is 1.21 bits per heavy atom. The van der Waals surface area contributed by atoms with Crippen LogP contribution in [0.4, 0.5) is 21.7 Å². The number of hydrogen-bond acceptors (Lipinski definition) is 4. The van der Waals surface area contributed by atoms with Crippen molar-refractivity contribution in [2.75, 3.05) is 24.3 Å². The topological polar surface area (TPSA) is 46.2 Å². The number of anilines is 3. The molecular formula is C14H16FN3O. The average molecular weight is 261 g/mol. The van der Waals surface area contributed by atoms with Crippen LogP contribution in [-0.2, 0) is 0 Å². The second-order valence-corrected chi connectivity index (χ2v) is 3.91. The van der Waals surface area contributed by atoms with Crippen LogP contribution in [0.5, 0.6) is 5.75 Å². The smallest absolute Gasteiger partial charge is 0.146 e. The molecule has 0 aliphatic rings. The van der Waals surface area contributed by atoms with Crippen LogP contribution >= 0.6 is 0 Å². The van der Waals surface area contributed by atoms with Gasteiger partial charge in [0.15, 0.2) is 0 Å². The highest BCUT2D eigenvalue weighted by atomic mass is 19.1. The summed E-state index contributed by atoms with van der Waals surface area (Å²) in [5.74, 6) is 1.56. The minimum atomic E-state index is -0.351. The third-order valence-corrected chi connectivity index (χ3v) is 2.54.